The second-order valence-electron chi connectivity index (χ2n) is 11.7. The number of benzene rings is 2. The summed E-state index contributed by atoms with van der Waals surface area (Å²) in [7, 11) is 0. The molecule has 2 aromatic carbocycles. The molecule has 0 bridgehead atoms. The Morgan fingerprint density at radius 3 is 1.21 bits per heavy atom. The van der Waals surface area contributed by atoms with E-state index < -0.39 is 47.3 Å². The molecular formula is C30H42N4O8. The standard InChI is InChI=1S/C30H42N4O8/c1-29(2,3)41-27(39)33-23(17-19-7-11-21(35)12-8-19)25(37)31-15-16-32-26(38)24(34-28(40)42-30(4,5)6)18-20-9-13-22(36)14-10-20/h7-14,23-24,35-36H,15-18H2,1-6H3,(H,31,37)(H,32,38)(H,33,39)(H,34,40)/t23-,24-/m0/s1. The van der Waals surface area contributed by atoms with Crippen LogP contribution in [0.4, 0.5) is 9.59 Å². The zero-order chi connectivity index (χ0) is 31.5. The minimum atomic E-state index is -0.990. The molecule has 12 nitrogen and oxygen atoms in total. The highest BCUT2D eigenvalue weighted by Gasteiger charge is 2.26. The fourth-order valence-electron chi connectivity index (χ4n) is 3.67. The minimum absolute atomic E-state index is 0.0328. The lowest BCUT2D eigenvalue weighted by Crippen LogP contribution is -2.52. The van der Waals surface area contributed by atoms with Gasteiger partial charge in [-0.2, -0.15) is 0 Å². The molecule has 2 rings (SSSR count). The van der Waals surface area contributed by atoms with Crippen molar-refractivity contribution in [1.82, 2.24) is 21.3 Å². The zero-order valence-electron chi connectivity index (χ0n) is 24.9. The van der Waals surface area contributed by atoms with Gasteiger partial charge in [-0.3, -0.25) is 9.59 Å². The Labute approximate surface area is 246 Å². The lowest BCUT2D eigenvalue weighted by Gasteiger charge is -2.24. The highest BCUT2D eigenvalue weighted by atomic mass is 16.6. The van der Waals surface area contributed by atoms with Crippen LogP contribution in [0.1, 0.15) is 52.7 Å². The molecule has 0 heterocycles. The molecule has 4 amide bonds. The van der Waals surface area contributed by atoms with E-state index in [4.69, 9.17) is 9.47 Å². The van der Waals surface area contributed by atoms with Crippen LogP contribution in [-0.2, 0) is 31.9 Å². The number of phenols is 2. The first-order valence-corrected chi connectivity index (χ1v) is 13.6. The fourth-order valence-corrected chi connectivity index (χ4v) is 3.67. The van der Waals surface area contributed by atoms with E-state index in [1.807, 2.05) is 0 Å². The van der Waals surface area contributed by atoms with Gasteiger partial charge in [-0.05, 0) is 76.9 Å². The highest BCUT2D eigenvalue weighted by Crippen LogP contribution is 2.14. The molecule has 12 heteroatoms. The maximum absolute atomic E-state index is 13.0. The summed E-state index contributed by atoms with van der Waals surface area (Å²) >= 11 is 0. The number of aromatic hydroxyl groups is 2. The molecule has 2 aromatic rings. The third-order valence-electron chi connectivity index (χ3n) is 5.49. The molecule has 0 saturated carbocycles. The molecule has 0 aliphatic rings. The van der Waals surface area contributed by atoms with Crippen molar-refractivity contribution in [1.29, 1.82) is 0 Å². The van der Waals surface area contributed by atoms with Crippen molar-refractivity contribution in [3.8, 4) is 11.5 Å². The molecule has 0 aliphatic heterocycles. The molecule has 2 atom stereocenters. The molecule has 0 aromatic heterocycles. The van der Waals surface area contributed by atoms with Crippen LogP contribution >= 0.6 is 0 Å². The van der Waals surface area contributed by atoms with Crippen molar-refractivity contribution in [3.05, 3.63) is 59.7 Å². The third kappa shape index (κ3) is 13.2. The van der Waals surface area contributed by atoms with Crippen LogP contribution in [0.3, 0.4) is 0 Å². The fraction of sp³-hybridized carbons (Fsp3) is 0.467. The Hall–Kier alpha value is -4.48. The van der Waals surface area contributed by atoms with E-state index in [2.05, 4.69) is 21.3 Å². The van der Waals surface area contributed by atoms with Gasteiger partial charge in [0.1, 0.15) is 34.8 Å². The Morgan fingerprint density at radius 1 is 0.619 bits per heavy atom. The van der Waals surface area contributed by atoms with Gasteiger partial charge < -0.3 is 41.0 Å². The number of hydrogen-bond donors (Lipinski definition) is 6. The van der Waals surface area contributed by atoms with Crippen LogP contribution in [0.2, 0.25) is 0 Å². The topological polar surface area (TPSA) is 175 Å². The predicted octanol–water partition coefficient (Wildman–Crippen LogP) is 2.90. The van der Waals surface area contributed by atoms with Crippen molar-refractivity contribution >= 4 is 24.0 Å². The summed E-state index contributed by atoms with van der Waals surface area (Å²) in [5, 5.41) is 29.6. The Kier molecular flexibility index (Phi) is 12.0. The number of phenolic OH excluding ortho intramolecular Hbond substituents is 2. The zero-order valence-corrected chi connectivity index (χ0v) is 24.9. The molecular weight excluding hydrogens is 544 g/mol. The predicted molar refractivity (Wildman–Crippen MR) is 156 cm³/mol. The smallest absolute Gasteiger partial charge is 0.408 e. The van der Waals surface area contributed by atoms with Gasteiger partial charge in [0.25, 0.3) is 0 Å². The first-order valence-electron chi connectivity index (χ1n) is 13.6. The highest BCUT2D eigenvalue weighted by molar-refractivity contribution is 5.87. The maximum atomic E-state index is 13.0. The molecule has 230 valence electrons. The van der Waals surface area contributed by atoms with Gasteiger partial charge in [0.15, 0.2) is 0 Å². The van der Waals surface area contributed by atoms with Crippen LogP contribution in [-0.4, -0.2) is 70.6 Å². The average molecular weight is 587 g/mol. The molecule has 0 unspecified atom stereocenters. The molecule has 0 saturated heterocycles. The molecule has 0 aliphatic carbocycles. The normalized spacial score (nSPS) is 12.8. The largest absolute Gasteiger partial charge is 0.508 e. The first-order chi connectivity index (χ1) is 19.5. The molecule has 0 fully saturated rings. The lowest BCUT2D eigenvalue weighted by molar-refractivity contribution is -0.124. The maximum Gasteiger partial charge on any atom is 0.408 e. The number of rotatable bonds is 11. The van der Waals surface area contributed by atoms with Gasteiger partial charge >= 0.3 is 12.2 Å². The van der Waals surface area contributed by atoms with Crippen LogP contribution in [0.25, 0.3) is 0 Å². The molecule has 0 radical (unpaired) electrons. The Bertz CT molecular complexity index is 1110. The number of carbonyl (C=O) groups is 4. The summed E-state index contributed by atoms with van der Waals surface area (Å²) < 4.78 is 10.6. The van der Waals surface area contributed by atoms with E-state index in [1.165, 1.54) is 24.3 Å². The number of nitrogens with one attached hydrogen (secondary N) is 4. The van der Waals surface area contributed by atoms with Crippen LogP contribution < -0.4 is 21.3 Å². The van der Waals surface area contributed by atoms with Crippen molar-refractivity contribution in [3.63, 3.8) is 0 Å². The summed E-state index contributed by atoms with van der Waals surface area (Å²) in [5.41, 5.74) is -0.138. The van der Waals surface area contributed by atoms with E-state index >= 15 is 0 Å². The minimum Gasteiger partial charge on any atom is -0.508 e. The number of alkyl carbamates (subject to hydrolysis) is 2. The van der Waals surface area contributed by atoms with Crippen LogP contribution in [0, 0.1) is 0 Å². The Morgan fingerprint density at radius 2 is 0.929 bits per heavy atom. The van der Waals surface area contributed by atoms with Gasteiger partial charge in [-0.25, -0.2) is 9.59 Å². The third-order valence-corrected chi connectivity index (χ3v) is 5.49. The molecule has 42 heavy (non-hydrogen) atoms. The van der Waals surface area contributed by atoms with E-state index in [9.17, 15) is 29.4 Å². The number of amides is 4. The van der Waals surface area contributed by atoms with Crippen molar-refractivity contribution in [2.24, 2.45) is 0 Å². The second kappa shape index (κ2) is 14.9. The summed E-state index contributed by atoms with van der Waals surface area (Å²) in [6.45, 7) is 10.3. The SMILES string of the molecule is CC(C)(C)OC(=O)N[C@@H](Cc1ccc(O)cc1)C(=O)NCCNC(=O)[C@H](Cc1ccc(O)cc1)NC(=O)OC(C)(C)C. The Balaban J connectivity index is 2.01. The average Bonchev–Trinajstić information content (AvgIpc) is 2.86. The lowest BCUT2D eigenvalue weighted by atomic mass is 10.0. The van der Waals surface area contributed by atoms with E-state index in [0.717, 1.165) is 0 Å². The monoisotopic (exact) mass is 586 g/mol. The van der Waals surface area contributed by atoms with Crippen LogP contribution in [0.5, 0.6) is 11.5 Å². The van der Waals surface area contributed by atoms with Gasteiger partial charge in [0.2, 0.25) is 11.8 Å². The van der Waals surface area contributed by atoms with Gasteiger partial charge in [0.05, 0.1) is 0 Å². The summed E-state index contributed by atoms with van der Waals surface area (Å²) in [6, 6.07) is 10.5. The van der Waals surface area contributed by atoms with Crippen molar-refractivity contribution in [2.45, 2.75) is 77.7 Å². The van der Waals surface area contributed by atoms with E-state index in [0.29, 0.717) is 11.1 Å². The van der Waals surface area contributed by atoms with Gasteiger partial charge in [0, 0.05) is 25.9 Å². The van der Waals surface area contributed by atoms with Crippen molar-refractivity contribution in [2.75, 3.05) is 13.1 Å². The van der Waals surface area contributed by atoms with Crippen molar-refractivity contribution < 1.29 is 38.9 Å². The van der Waals surface area contributed by atoms with Gasteiger partial charge in [-0.1, -0.05) is 24.3 Å². The molecule has 0 spiro atoms. The number of carbonyl (C=O) groups excluding carboxylic acids is 4. The number of ether oxygens (including phenoxy) is 2. The quantitative estimate of drug-likeness (QED) is 0.218. The van der Waals surface area contributed by atoms with E-state index in [1.54, 1.807) is 65.8 Å². The first kappa shape index (κ1) is 33.7. The summed E-state index contributed by atoms with van der Waals surface area (Å²) in [6.07, 6.45) is -1.27. The summed E-state index contributed by atoms with van der Waals surface area (Å²) in [5.74, 6) is -0.868. The van der Waals surface area contributed by atoms with Gasteiger partial charge in [-0.15, -0.1) is 0 Å². The van der Waals surface area contributed by atoms with Crippen LogP contribution in [0.15, 0.2) is 48.5 Å². The second-order valence-corrected chi connectivity index (χ2v) is 11.7. The molecule has 6 N–H and O–H groups in total. The summed E-state index contributed by atoms with van der Waals surface area (Å²) in [4.78, 5) is 50.8. The number of hydrogen-bond acceptors (Lipinski definition) is 8. The van der Waals surface area contributed by atoms with E-state index in [-0.39, 0.29) is 37.4 Å².